The van der Waals surface area contributed by atoms with E-state index in [0.29, 0.717) is 36.4 Å². The first-order valence-corrected chi connectivity index (χ1v) is 9.00. The monoisotopic (exact) mass is 392 g/mol. The molecule has 0 spiro atoms. The Kier molecular flexibility index (Phi) is 4.88. The average Bonchev–Trinajstić information content (AvgIpc) is 3.28. The van der Waals surface area contributed by atoms with Crippen molar-refractivity contribution in [2.75, 3.05) is 0 Å². The van der Waals surface area contributed by atoms with Crippen LogP contribution in [0.1, 0.15) is 44.1 Å². The molecule has 10 heteroatoms. The molecule has 2 aromatic heterocycles. The fourth-order valence-electron chi connectivity index (χ4n) is 3.62. The molecule has 1 aliphatic heterocycles. The number of H-pyrrole nitrogens is 1. The number of nitrogens with one attached hydrogen (secondary N) is 1. The first kappa shape index (κ1) is 18.6. The standard InChI is InChI=1S/C18H19F3N6O/c1-9-3-12(4-10(2)28-9)27-16(24-18(26-27)17-22-8-23-25-17)6-11-5-14(20)15(21)7-13(11)19/h5,7-10,12H,3-4,6H2,1-2H3,(H,22,23,25). The predicted octanol–water partition coefficient (Wildman–Crippen LogP) is 3.20. The molecular weight excluding hydrogens is 373 g/mol. The van der Waals surface area contributed by atoms with E-state index in [9.17, 15) is 13.2 Å². The summed E-state index contributed by atoms with van der Waals surface area (Å²) in [6, 6.07) is 1.38. The normalized spacial score (nSPS) is 22.5. The van der Waals surface area contributed by atoms with Crippen molar-refractivity contribution in [3.8, 4) is 11.6 Å². The number of hydrogen-bond acceptors (Lipinski definition) is 5. The van der Waals surface area contributed by atoms with Crippen molar-refractivity contribution in [1.29, 1.82) is 0 Å². The Bertz CT molecular complexity index is 964. The summed E-state index contributed by atoms with van der Waals surface area (Å²) in [6.45, 7) is 3.96. The number of hydrogen-bond donors (Lipinski definition) is 1. The first-order valence-electron chi connectivity index (χ1n) is 9.00. The van der Waals surface area contributed by atoms with Crippen LogP contribution in [-0.4, -0.2) is 42.2 Å². The Morgan fingerprint density at radius 1 is 1.11 bits per heavy atom. The average molecular weight is 392 g/mol. The van der Waals surface area contributed by atoms with Gasteiger partial charge in [-0.2, -0.15) is 5.10 Å². The molecule has 1 saturated heterocycles. The van der Waals surface area contributed by atoms with Crippen LogP contribution in [0, 0.1) is 17.5 Å². The largest absolute Gasteiger partial charge is 0.375 e. The number of halogens is 3. The van der Waals surface area contributed by atoms with Gasteiger partial charge in [0.05, 0.1) is 18.2 Å². The van der Waals surface area contributed by atoms with E-state index in [4.69, 9.17) is 4.74 Å². The second kappa shape index (κ2) is 7.34. The third kappa shape index (κ3) is 3.64. The molecule has 28 heavy (non-hydrogen) atoms. The van der Waals surface area contributed by atoms with Crippen molar-refractivity contribution in [1.82, 2.24) is 29.9 Å². The van der Waals surface area contributed by atoms with Gasteiger partial charge in [-0.15, -0.1) is 5.10 Å². The zero-order chi connectivity index (χ0) is 19.8. The molecule has 1 aliphatic rings. The molecule has 2 atom stereocenters. The van der Waals surface area contributed by atoms with E-state index in [1.807, 2.05) is 13.8 Å². The zero-order valence-electron chi connectivity index (χ0n) is 15.4. The highest BCUT2D eigenvalue weighted by Gasteiger charge is 2.29. The van der Waals surface area contributed by atoms with Gasteiger partial charge >= 0.3 is 0 Å². The van der Waals surface area contributed by atoms with Crippen LogP contribution in [0.3, 0.4) is 0 Å². The third-order valence-corrected chi connectivity index (χ3v) is 4.79. The number of aromatic nitrogens is 6. The quantitative estimate of drug-likeness (QED) is 0.690. The van der Waals surface area contributed by atoms with Gasteiger partial charge in [0, 0.05) is 12.5 Å². The summed E-state index contributed by atoms with van der Waals surface area (Å²) in [5, 5.41) is 11.0. The SMILES string of the molecule is CC1CC(n2nc(-c3ncn[nH]3)nc2Cc2cc(F)c(F)cc2F)CC(C)O1. The highest BCUT2D eigenvalue weighted by atomic mass is 19.2. The van der Waals surface area contributed by atoms with Crippen LogP contribution in [-0.2, 0) is 11.2 Å². The van der Waals surface area contributed by atoms with E-state index in [0.717, 1.165) is 6.07 Å². The van der Waals surface area contributed by atoms with Crippen molar-refractivity contribution in [2.45, 2.75) is 51.4 Å². The van der Waals surface area contributed by atoms with E-state index >= 15 is 0 Å². The van der Waals surface area contributed by atoms with Crippen LogP contribution in [0.25, 0.3) is 11.6 Å². The second-order valence-electron chi connectivity index (χ2n) is 7.05. The Balaban J connectivity index is 1.74. The minimum Gasteiger partial charge on any atom is -0.375 e. The Labute approximate surface area is 159 Å². The van der Waals surface area contributed by atoms with Gasteiger partial charge in [-0.1, -0.05) is 0 Å². The van der Waals surface area contributed by atoms with Crippen LogP contribution < -0.4 is 0 Å². The maximum atomic E-state index is 14.2. The number of benzene rings is 1. The predicted molar refractivity (Wildman–Crippen MR) is 92.8 cm³/mol. The summed E-state index contributed by atoms with van der Waals surface area (Å²) < 4.78 is 48.6. The summed E-state index contributed by atoms with van der Waals surface area (Å²) >= 11 is 0. The molecule has 1 fully saturated rings. The summed E-state index contributed by atoms with van der Waals surface area (Å²) in [6.07, 6.45) is 2.76. The Morgan fingerprint density at radius 3 is 2.50 bits per heavy atom. The molecule has 3 heterocycles. The van der Waals surface area contributed by atoms with Gasteiger partial charge in [0.2, 0.25) is 5.82 Å². The molecule has 7 nitrogen and oxygen atoms in total. The number of nitrogens with zero attached hydrogens (tertiary/aromatic N) is 5. The lowest BCUT2D eigenvalue weighted by Crippen LogP contribution is -2.32. The van der Waals surface area contributed by atoms with Crippen LogP contribution in [0.5, 0.6) is 0 Å². The molecule has 2 unspecified atom stereocenters. The Morgan fingerprint density at radius 2 is 1.82 bits per heavy atom. The fourth-order valence-corrected chi connectivity index (χ4v) is 3.62. The van der Waals surface area contributed by atoms with E-state index in [2.05, 4.69) is 25.3 Å². The number of aromatic amines is 1. The molecule has 1 N–H and O–H groups in total. The van der Waals surface area contributed by atoms with E-state index in [-0.39, 0.29) is 30.2 Å². The highest BCUT2D eigenvalue weighted by molar-refractivity contribution is 5.41. The third-order valence-electron chi connectivity index (χ3n) is 4.79. The summed E-state index contributed by atoms with van der Waals surface area (Å²) in [4.78, 5) is 8.51. The molecule has 0 aliphatic carbocycles. The fraction of sp³-hybridized carbons (Fsp3) is 0.444. The van der Waals surface area contributed by atoms with E-state index in [1.165, 1.54) is 6.33 Å². The molecule has 0 amide bonds. The minimum atomic E-state index is -1.22. The second-order valence-corrected chi connectivity index (χ2v) is 7.05. The number of rotatable bonds is 4. The molecule has 0 saturated carbocycles. The lowest BCUT2D eigenvalue weighted by Gasteiger charge is -2.32. The maximum absolute atomic E-state index is 14.2. The van der Waals surface area contributed by atoms with Gasteiger partial charge < -0.3 is 4.74 Å². The lowest BCUT2D eigenvalue weighted by atomic mass is 9.99. The van der Waals surface area contributed by atoms with Crippen molar-refractivity contribution in [3.05, 3.63) is 47.3 Å². The van der Waals surface area contributed by atoms with Gasteiger partial charge in [0.25, 0.3) is 0 Å². The van der Waals surface area contributed by atoms with Crippen molar-refractivity contribution in [3.63, 3.8) is 0 Å². The summed E-state index contributed by atoms with van der Waals surface area (Å²) in [5.41, 5.74) is 0.00447. The molecule has 1 aromatic carbocycles. The van der Waals surface area contributed by atoms with Crippen LogP contribution in [0.15, 0.2) is 18.5 Å². The van der Waals surface area contributed by atoms with Gasteiger partial charge in [-0.3, -0.25) is 5.10 Å². The topological polar surface area (TPSA) is 81.5 Å². The molecule has 3 aromatic rings. The van der Waals surface area contributed by atoms with E-state index in [1.54, 1.807) is 4.68 Å². The summed E-state index contributed by atoms with van der Waals surface area (Å²) in [7, 11) is 0. The van der Waals surface area contributed by atoms with Crippen molar-refractivity contribution in [2.24, 2.45) is 0 Å². The smallest absolute Gasteiger partial charge is 0.218 e. The first-order chi connectivity index (χ1) is 13.4. The molecule has 0 radical (unpaired) electrons. The van der Waals surface area contributed by atoms with Gasteiger partial charge in [0.1, 0.15) is 18.0 Å². The lowest BCUT2D eigenvalue weighted by molar-refractivity contribution is -0.0510. The van der Waals surface area contributed by atoms with Crippen molar-refractivity contribution < 1.29 is 17.9 Å². The maximum Gasteiger partial charge on any atom is 0.218 e. The zero-order valence-corrected chi connectivity index (χ0v) is 15.4. The highest BCUT2D eigenvalue weighted by Crippen LogP contribution is 2.31. The van der Waals surface area contributed by atoms with Gasteiger partial charge in [-0.25, -0.2) is 27.8 Å². The number of ether oxygens (including phenoxy) is 1. The Hall–Kier alpha value is -2.75. The molecule has 148 valence electrons. The van der Waals surface area contributed by atoms with Crippen LogP contribution in [0.4, 0.5) is 13.2 Å². The van der Waals surface area contributed by atoms with Gasteiger partial charge in [-0.05, 0) is 38.3 Å². The summed E-state index contributed by atoms with van der Waals surface area (Å²) in [5.74, 6) is -2.05. The molecular formula is C18H19F3N6O. The van der Waals surface area contributed by atoms with Gasteiger partial charge in [0.15, 0.2) is 17.5 Å². The van der Waals surface area contributed by atoms with Crippen LogP contribution in [0.2, 0.25) is 0 Å². The van der Waals surface area contributed by atoms with Crippen LogP contribution >= 0.6 is 0 Å². The van der Waals surface area contributed by atoms with Crippen molar-refractivity contribution >= 4 is 0 Å². The molecule has 0 bridgehead atoms. The van der Waals surface area contributed by atoms with E-state index < -0.39 is 17.5 Å². The minimum absolute atomic E-state index is 0.00447. The molecule has 4 rings (SSSR count).